The Morgan fingerprint density at radius 2 is 2.12 bits per heavy atom. The maximum atomic E-state index is 11.0. The average molecular weight is 237 g/mol. The molecule has 1 aliphatic heterocycles. The smallest absolute Gasteiger partial charge is 0.321 e. The third-order valence-electron chi connectivity index (χ3n) is 2.83. The third kappa shape index (κ3) is 2.39. The lowest BCUT2D eigenvalue weighted by Gasteiger charge is -2.33. The minimum absolute atomic E-state index is 0.126. The zero-order chi connectivity index (χ0) is 11.5. The standard InChI is InChI=1S/C12H15NO2S/c1-8-11(9-5-3-2-4-6-9)13-10(7-16-8)12(14)15/h2-6,8,10-11,13H,7H2,1H3,(H,14,15). The quantitative estimate of drug-likeness (QED) is 0.825. The summed E-state index contributed by atoms with van der Waals surface area (Å²) in [6.45, 7) is 2.13. The second-order valence-electron chi connectivity index (χ2n) is 3.98. The summed E-state index contributed by atoms with van der Waals surface area (Å²) in [5, 5.41) is 12.6. The van der Waals surface area contributed by atoms with Crippen molar-refractivity contribution in [1.82, 2.24) is 5.32 Å². The molecule has 0 saturated carbocycles. The summed E-state index contributed by atoms with van der Waals surface area (Å²) < 4.78 is 0. The van der Waals surface area contributed by atoms with Gasteiger partial charge in [-0.25, -0.2) is 0 Å². The van der Waals surface area contributed by atoms with Crippen molar-refractivity contribution in [3.8, 4) is 0 Å². The van der Waals surface area contributed by atoms with Gasteiger partial charge in [0, 0.05) is 17.0 Å². The Morgan fingerprint density at radius 3 is 2.75 bits per heavy atom. The largest absolute Gasteiger partial charge is 0.480 e. The van der Waals surface area contributed by atoms with Crippen LogP contribution in [-0.2, 0) is 4.79 Å². The number of benzene rings is 1. The highest BCUT2D eigenvalue weighted by Crippen LogP contribution is 2.31. The summed E-state index contributed by atoms with van der Waals surface area (Å²) in [6, 6.07) is 9.71. The van der Waals surface area contributed by atoms with Crippen LogP contribution in [0.1, 0.15) is 18.5 Å². The fourth-order valence-corrected chi connectivity index (χ4v) is 3.08. The molecule has 4 heteroatoms. The van der Waals surface area contributed by atoms with Gasteiger partial charge in [-0.2, -0.15) is 11.8 Å². The molecule has 86 valence electrons. The summed E-state index contributed by atoms with van der Waals surface area (Å²) in [6.07, 6.45) is 0. The summed E-state index contributed by atoms with van der Waals surface area (Å²) in [5.41, 5.74) is 1.16. The Labute approximate surface area is 99.2 Å². The lowest BCUT2D eigenvalue weighted by molar-refractivity contribution is -0.139. The van der Waals surface area contributed by atoms with Crippen molar-refractivity contribution in [3.05, 3.63) is 35.9 Å². The molecule has 1 aromatic rings. The number of aliphatic carboxylic acids is 1. The van der Waals surface area contributed by atoms with E-state index in [1.54, 1.807) is 11.8 Å². The lowest BCUT2D eigenvalue weighted by Crippen LogP contribution is -2.47. The molecule has 0 radical (unpaired) electrons. The summed E-state index contributed by atoms with van der Waals surface area (Å²) in [4.78, 5) is 11.0. The van der Waals surface area contributed by atoms with Crippen LogP contribution in [0.15, 0.2) is 30.3 Å². The van der Waals surface area contributed by atoms with Crippen LogP contribution in [0.5, 0.6) is 0 Å². The van der Waals surface area contributed by atoms with Crippen molar-refractivity contribution < 1.29 is 9.90 Å². The maximum Gasteiger partial charge on any atom is 0.321 e. The van der Waals surface area contributed by atoms with E-state index in [9.17, 15) is 4.79 Å². The van der Waals surface area contributed by atoms with Crippen LogP contribution in [0, 0.1) is 0 Å². The third-order valence-corrected chi connectivity index (χ3v) is 4.16. The first-order valence-corrected chi connectivity index (χ1v) is 6.39. The van der Waals surface area contributed by atoms with Gasteiger partial charge in [0.25, 0.3) is 0 Å². The highest BCUT2D eigenvalue weighted by atomic mass is 32.2. The monoisotopic (exact) mass is 237 g/mol. The van der Waals surface area contributed by atoms with Crippen LogP contribution in [-0.4, -0.2) is 28.1 Å². The van der Waals surface area contributed by atoms with Gasteiger partial charge in [-0.05, 0) is 5.56 Å². The Balaban J connectivity index is 2.16. The summed E-state index contributed by atoms with van der Waals surface area (Å²) in [5.74, 6) is -0.125. The van der Waals surface area contributed by atoms with E-state index in [0.29, 0.717) is 11.0 Å². The number of carboxylic acids is 1. The van der Waals surface area contributed by atoms with Gasteiger partial charge in [0.2, 0.25) is 0 Å². The molecule has 1 heterocycles. The Kier molecular flexibility index (Phi) is 3.51. The zero-order valence-electron chi connectivity index (χ0n) is 9.09. The molecule has 1 saturated heterocycles. The Morgan fingerprint density at radius 1 is 1.44 bits per heavy atom. The minimum Gasteiger partial charge on any atom is -0.480 e. The molecule has 3 nitrogen and oxygen atoms in total. The number of hydrogen-bond acceptors (Lipinski definition) is 3. The van der Waals surface area contributed by atoms with Gasteiger partial charge in [0.05, 0.1) is 0 Å². The van der Waals surface area contributed by atoms with Gasteiger partial charge >= 0.3 is 5.97 Å². The molecular formula is C12H15NO2S. The van der Waals surface area contributed by atoms with Crippen LogP contribution in [0.2, 0.25) is 0 Å². The van der Waals surface area contributed by atoms with Crippen molar-refractivity contribution in [2.24, 2.45) is 0 Å². The van der Waals surface area contributed by atoms with Gasteiger partial charge in [0.1, 0.15) is 6.04 Å². The van der Waals surface area contributed by atoms with Gasteiger partial charge in [0.15, 0.2) is 0 Å². The van der Waals surface area contributed by atoms with E-state index >= 15 is 0 Å². The molecule has 2 N–H and O–H groups in total. The van der Waals surface area contributed by atoms with Crippen molar-refractivity contribution >= 4 is 17.7 Å². The van der Waals surface area contributed by atoms with Gasteiger partial charge in [-0.15, -0.1) is 0 Å². The molecule has 16 heavy (non-hydrogen) atoms. The van der Waals surface area contributed by atoms with Crippen molar-refractivity contribution in [2.75, 3.05) is 5.75 Å². The highest BCUT2D eigenvalue weighted by molar-refractivity contribution is 8.00. The number of hydrogen-bond donors (Lipinski definition) is 2. The highest BCUT2D eigenvalue weighted by Gasteiger charge is 2.31. The molecular weight excluding hydrogens is 222 g/mol. The van der Waals surface area contributed by atoms with Crippen LogP contribution in [0.25, 0.3) is 0 Å². The maximum absolute atomic E-state index is 11.0. The van der Waals surface area contributed by atoms with E-state index in [-0.39, 0.29) is 6.04 Å². The average Bonchev–Trinajstić information content (AvgIpc) is 2.30. The van der Waals surface area contributed by atoms with E-state index < -0.39 is 12.0 Å². The number of nitrogens with one attached hydrogen (secondary N) is 1. The van der Waals surface area contributed by atoms with Crippen molar-refractivity contribution in [2.45, 2.75) is 24.3 Å². The number of rotatable bonds is 2. The van der Waals surface area contributed by atoms with Crippen LogP contribution in [0.3, 0.4) is 0 Å². The molecule has 0 spiro atoms. The van der Waals surface area contributed by atoms with E-state index in [0.717, 1.165) is 5.56 Å². The molecule has 1 fully saturated rings. The Hall–Kier alpha value is -1.00. The van der Waals surface area contributed by atoms with E-state index in [4.69, 9.17) is 5.11 Å². The number of carbonyl (C=O) groups is 1. The molecule has 3 atom stereocenters. The predicted molar refractivity (Wildman–Crippen MR) is 65.7 cm³/mol. The summed E-state index contributed by atoms with van der Waals surface area (Å²) in [7, 11) is 0. The number of carboxylic acid groups (broad SMARTS) is 1. The van der Waals surface area contributed by atoms with Gasteiger partial charge in [-0.3, -0.25) is 10.1 Å². The first-order valence-electron chi connectivity index (χ1n) is 5.34. The van der Waals surface area contributed by atoms with Crippen LogP contribution in [0.4, 0.5) is 0 Å². The van der Waals surface area contributed by atoms with Gasteiger partial charge in [-0.1, -0.05) is 37.3 Å². The van der Waals surface area contributed by atoms with E-state index in [1.807, 2.05) is 30.3 Å². The molecule has 3 unspecified atom stereocenters. The van der Waals surface area contributed by atoms with E-state index in [2.05, 4.69) is 12.2 Å². The zero-order valence-corrected chi connectivity index (χ0v) is 9.91. The van der Waals surface area contributed by atoms with Crippen LogP contribution >= 0.6 is 11.8 Å². The van der Waals surface area contributed by atoms with Crippen molar-refractivity contribution in [1.29, 1.82) is 0 Å². The van der Waals surface area contributed by atoms with Crippen LogP contribution < -0.4 is 5.32 Å². The molecule has 1 aliphatic rings. The normalized spacial score (nSPS) is 29.9. The first kappa shape index (κ1) is 11.5. The summed E-state index contributed by atoms with van der Waals surface area (Å²) >= 11 is 1.71. The Bertz CT molecular complexity index is 369. The fraction of sp³-hybridized carbons (Fsp3) is 0.417. The van der Waals surface area contributed by atoms with E-state index in [1.165, 1.54) is 0 Å². The molecule has 0 aromatic heterocycles. The predicted octanol–water partition coefficient (Wildman–Crippen LogP) is 1.91. The van der Waals surface area contributed by atoms with Gasteiger partial charge < -0.3 is 5.11 Å². The molecule has 0 amide bonds. The first-order chi connectivity index (χ1) is 7.68. The fourth-order valence-electron chi connectivity index (χ4n) is 1.91. The molecule has 1 aromatic carbocycles. The number of thioether (sulfide) groups is 1. The molecule has 2 rings (SSSR count). The second-order valence-corrected chi connectivity index (χ2v) is 5.39. The molecule has 0 bridgehead atoms. The van der Waals surface area contributed by atoms with Crippen molar-refractivity contribution in [3.63, 3.8) is 0 Å². The minimum atomic E-state index is -0.764. The SMILES string of the molecule is CC1SCC(C(=O)O)NC1c1ccccc1. The topological polar surface area (TPSA) is 49.3 Å². The second kappa shape index (κ2) is 4.89. The molecule has 0 aliphatic carbocycles. The lowest BCUT2D eigenvalue weighted by atomic mass is 10.0.